The van der Waals surface area contributed by atoms with Crippen molar-refractivity contribution in [2.24, 2.45) is 5.92 Å². The molecule has 1 fully saturated rings. The second-order valence-corrected chi connectivity index (χ2v) is 10.7. The van der Waals surface area contributed by atoms with Crippen LogP contribution in [0.25, 0.3) is 10.9 Å². The smallest absolute Gasteiger partial charge is 0.252 e. The lowest BCUT2D eigenvalue weighted by molar-refractivity contribution is 0.0915. The second kappa shape index (κ2) is 9.30. The normalized spacial score (nSPS) is 15.2. The summed E-state index contributed by atoms with van der Waals surface area (Å²) in [6.07, 6.45) is 2.05. The van der Waals surface area contributed by atoms with Crippen molar-refractivity contribution in [2.45, 2.75) is 57.4 Å². The minimum Gasteiger partial charge on any atom is -0.340 e. The Bertz CT molecular complexity index is 1370. The first kappa shape index (κ1) is 24.1. The summed E-state index contributed by atoms with van der Waals surface area (Å²) in [6, 6.07) is 4.97. The van der Waals surface area contributed by atoms with E-state index in [1.807, 2.05) is 13.8 Å². The van der Waals surface area contributed by atoms with Crippen molar-refractivity contribution >= 4 is 26.8 Å². The number of carbonyl (C=O) groups excluding carboxylic acids is 1. The molecule has 0 radical (unpaired) electrons. The van der Waals surface area contributed by atoms with Crippen LogP contribution >= 0.6 is 0 Å². The standard InChI is InChI=1S/C23H29N5O5S/c1-5-28(6-2)34(31,32)15-9-10-18-16(11-15)17(12-19(29)24-18)22(30)25-20(13(3)4)23-26-21(27-33-23)14-7-8-14/h9-14,20H,5-8H2,1-4H3,(H,24,29)(H,25,30). The third-order valence-electron chi connectivity index (χ3n) is 6.02. The van der Waals surface area contributed by atoms with E-state index in [-0.39, 0.29) is 16.4 Å². The summed E-state index contributed by atoms with van der Waals surface area (Å²) >= 11 is 0. The van der Waals surface area contributed by atoms with Crippen LogP contribution in [0.4, 0.5) is 0 Å². The molecular formula is C23H29N5O5S. The summed E-state index contributed by atoms with van der Waals surface area (Å²) in [7, 11) is -3.75. The third kappa shape index (κ3) is 4.62. The minimum atomic E-state index is -3.75. The van der Waals surface area contributed by atoms with Crippen LogP contribution in [-0.2, 0) is 10.0 Å². The van der Waals surface area contributed by atoms with Crippen molar-refractivity contribution in [1.29, 1.82) is 0 Å². The van der Waals surface area contributed by atoms with Gasteiger partial charge in [-0.25, -0.2) is 8.42 Å². The zero-order valence-electron chi connectivity index (χ0n) is 19.7. The molecule has 11 heteroatoms. The lowest BCUT2D eigenvalue weighted by atomic mass is 10.0. The number of aromatic amines is 1. The van der Waals surface area contributed by atoms with Gasteiger partial charge in [-0.15, -0.1) is 0 Å². The number of hydrogen-bond acceptors (Lipinski definition) is 7. The van der Waals surface area contributed by atoms with Crippen molar-refractivity contribution in [3.63, 3.8) is 0 Å². The Morgan fingerprint density at radius 2 is 1.94 bits per heavy atom. The molecule has 0 bridgehead atoms. The van der Waals surface area contributed by atoms with E-state index < -0.39 is 27.5 Å². The summed E-state index contributed by atoms with van der Waals surface area (Å²) < 4.78 is 32.8. The number of aromatic nitrogens is 3. The summed E-state index contributed by atoms with van der Waals surface area (Å²) in [5, 5.41) is 7.26. The van der Waals surface area contributed by atoms with Crippen molar-refractivity contribution in [2.75, 3.05) is 13.1 Å². The average molecular weight is 488 g/mol. The number of fused-ring (bicyclic) bond motifs is 1. The summed E-state index contributed by atoms with van der Waals surface area (Å²) in [4.78, 5) is 32.8. The first-order chi connectivity index (χ1) is 16.1. The van der Waals surface area contributed by atoms with Gasteiger partial charge in [-0.1, -0.05) is 32.9 Å². The molecule has 1 aliphatic carbocycles. The number of hydrogen-bond donors (Lipinski definition) is 2. The van der Waals surface area contributed by atoms with E-state index in [0.29, 0.717) is 41.6 Å². The molecular weight excluding hydrogens is 458 g/mol. The molecule has 34 heavy (non-hydrogen) atoms. The Morgan fingerprint density at radius 3 is 2.56 bits per heavy atom. The van der Waals surface area contributed by atoms with E-state index in [9.17, 15) is 18.0 Å². The van der Waals surface area contributed by atoms with Crippen LogP contribution in [0.5, 0.6) is 0 Å². The molecule has 10 nitrogen and oxygen atoms in total. The molecule has 2 aromatic heterocycles. The Labute approximate surface area is 197 Å². The van der Waals surface area contributed by atoms with Crippen molar-refractivity contribution in [3.05, 3.63) is 51.9 Å². The number of nitrogens with one attached hydrogen (secondary N) is 2. The highest BCUT2D eigenvalue weighted by molar-refractivity contribution is 7.89. The van der Waals surface area contributed by atoms with Crippen LogP contribution in [0.1, 0.15) is 74.6 Å². The van der Waals surface area contributed by atoms with Gasteiger partial charge >= 0.3 is 0 Å². The maximum atomic E-state index is 13.3. The van der Waals surface area contributed by atoms with Gasteiger partial charge in [0.2, 0.25) is 21.5 Å². The summed E-state index contributed by atoms with van der Waals surface area (Å²) in [5.74, 6) is 0.664. The van der Waals surface area contributed by atoms with E-state index in [0.717, 1.165) is 12.8 Å². The van der Waals surface area contributed by atoms with Gasteiger partial charge in [0.05, 0.1) is 10.5 Å². The number of nitrogens with zero attached hydrogens (tertiary/aromatic N) is 3. The number of amides is 1. The van der Waals surface area contributed by atoms with Crippen molar-refractivity contribution in [3.8, 4) is 0 Å². The SMILES string of the molecule is CCN(CC)S(=O)(=O)c1ccc2[nH]c(=O)cc(C(=O)NC(c3nc(C4CC4)no3)C(C)C)c2c1. The highest BCUT2D eigenvalue weighted by Crippen LogP contribution is 2.38. The Kier molecular flexibility index (Phi) is 6.59. The highest BCUT2D eigenvalue weighted by Gasteiger charge is 2.32. The molecule has 182 valence electrons. The molecule has 1 amide bonds. The molecule has 2 heterocycles. The Hall–Kier alpha value is -3.05. The molecule has 2 N–H and O–H groups in total. The van der Waals surface area contributed by atoms with Gasteiger partial charge in [-0.2, -0.15) is 9.29 Å². The van der Waals surface area contributed by atoms with Crippen LogP contribution in [0.2, 0.25) is 0 Å². The zero-order chi connectivity index (χ0) is 24.6. The van der Waals surface area contributed by atoms with Gasteiger partial charge in [0, 0.05) is 36.0 Å². The largest absolute Gasteiger partial charge is 0.340 e. The van der Waals surface area contributed by atoms with Gasteiger partial charge in [-0.3, -0.25) is 9.59 Å². The lowest BCUT2D eigenvalue weighted by Crippen LogP contribution is -2.33. The number of pyridine rings is 1. The predicted molar refractivity (Wildman–Crippen MR) is 126 cm³/mol. The topological polar surface area (TPSA) is 138 Å². The van der Waals surface area contributed by atoms with Crippen LogP contribution < -0.4 is 10.9 Å². The van der Waals surface area contributed by atoms with Gasteiger partial charge in [-0.05, 0) is 37.0 Å². The second-order valence-electron chi connectivity index (χ2n) is 8.80. The Balaban J connectivity index is 1.72. The molecule has 0 aliphatic heterocycles. The summed E-state index contributed by atoms with van der Waals surface area (Å²) in [5.41, 5.74) is -0.0270. The molecule has 0 saturated heterocycles. The number of H-pyrrole nitrogens is 1. The fourth-order valence-electron chi connectivity index (χ4n) is 3.91. The fourth-order valence-corrected chi connectivity index (χ4v) is 5.39. The molecule has 1 aliphatic rings. The van der Waals surface area contributed by atoms with Crippen LogP contribution in [0.3, 0.4) is 0 Å². The van der Waals surface area contributed by atoms with Gasteiger partial charge in [0.25, 0.3) is 5.91 Å². The lowest BCUT2D eigenvalue weighted by Gasteiger charge is -2.20. The summed E-state index contributed by atoms with van der Waals surface area (Å²) in [6.45, 7) is 7.98. The molecule has 1 aromatic carbocycles. The third-order valence-corrected chi connectivity index (χ3v) is 8.07. The zero-order valence-corrected chi connectivity index (χ0v) is 20.5. The minimum absolute atomic E-state index is 0.0520. The average Bonchev–Trinajstić information content (AvgIpc) is 3.54. The van der Waals surface area contributed by atoms with Gasteiger partial charge < -0.3 is 14.8 Å². The molecule has 1 unspecified atom stereocenters. The number of carbonyl (C=O) groups is 1. The maximum absolute atomic E-state index is 13.3. The predicted octanol–water partition coefficient (Wildman–Crippen LogP) is 2.95. The quantitative estimate of drug-likeness (QED) is 0.473. The molecule has 4 rings (SSSR count). The monoisotopic (exact) mass is 487 g/mol. The number of benzene rings is 1. The number of sulfonamides is 1. The Morgan fingerprint density at radius 1 is 1.24 bits per heavy atom. The molecule has 0 spiro atoms. The fraction of sp³-hybridized carbons (Fsp3) is 0.478. The van der Waals surface area contributed by atoms with E-state index in [2.05, 4.69) is 20.4 Å². The van der Waals surface area contributed by atoms with E-state index >= 15 is 0 Å². The van der Waals surface area contributed by atoms with Crippen LogP contribution in [0, 0.1) is 5.92 Å². The van der Waals surface area contributed by atoms with E-state index in [1.165, 1.54) is 28.6 Å². The molecule has 1 saturated carbocycles. The first-order valence-corrected chi connectivity index (χ1v) is 12.9. The number of rotatable bonds is 9. The maximum Gasteiger partial charge on any atom is 0.252 e. The van der Waals surface area contributed by atoms with Gasteiger partial charge in [0.15, 0.2) is 5.82 Å². The molecule has 1 atom stereocenters. The van der Waals surface area contributed by atoms with Crippen LogP contribution in [-0.4, -0.2) is 46.8 Å². The van der Waals surface area contributed by atoms with E-state index in [4.69, 9.17) is 4.52 Å². The van der Waals surface area contributed by atoms with Crippen molar-refractivity contribution < 1.29 is 17.7 Å². The van der Waals surface area contributed by atoms with Crippen molar-refractivity contribution in [1.82, 2.24) is 24.7 Å². The first-order valence-electron chi connectivity index (χ1n) is 11.5. The van der Waals surface area contributed by atoms with E-state index in [1.54, 1.807) is 13.8 Å². The van der Waals surface area contributed by atoms with Gasteiger partial charge in [0.1, 0.15) is 6.04 Å². The highest BCUT2D eigenvalue weighted by atomic mass is 32.2. The molecule has 3 aromatic rings. The van der Waals surface area contributed by atoms with Crippen LogP contribution in [0.15, 0.2) is 38.5 Å².